The van der Waals surface area contributed by atoms with Crippen molar-refractivity contribution in [1.29, 1.82) is 0 Å². The van der Waals surface area contributed by atoms with Crippen LogP contribution < -0.4 is 14.2 Å². The van der Waals surface area contributed by atoms with Crippen LogP contribution in [0.15, 0.2) is 72.8 Å². The van der Waals surface area contributed by atoms with Gasteiger partial charge in [-0.05, 0) is 112 Å². The van der Waals surface area contributed by atoms with Crippen molar-refractivity contribution in [3.8, 4) is 28.4 Å². The Bertz CT molecular complexity index is 1260. The molecule has 3 aromatic rings. The van der Waals surface area contributed by atoms with Gasteiger partial charge in [0.25, 0.3) is 0 Å². The number of carbonyl (C=O) groups excluding carboxylic acids is 2. The van der Waals surface area contributed by atoms with Crippen LogP contribution in [0.5, 0.6) is 17.2 Å². The molecule has 6 heteroatoms. The molecular weight excluding hydrogens is 564 g/mol. The zero-order valence-electron chi connectivity index (χ0n) is 27.8. The fraction of sp³-hybridized carbons (Fsp3) is 0.487. The SMILES string of the molecule is CCCCCCCCOc1ccc(-c2ccc(OC(=O)c3ccc(OCCCCCCOC(=O)C(C)(C)CC)cc3)cc2)cc1. The highest BCUT2D eigenvalue weighted by atomic mass is 16.5. The molecule has 0 unspecified atom stereocenters. The lowest BCUT2D eigenvalue weighted by atomic mass is 9.91. The standard InChI is InChI=1S/C39H52O6/c1-5-7-8-9-10-13-28-42-34-22-16-31(17-23-34)32-18-26-36(27-19-32)45-37(40)33-20-24-35(25-21-33)43-29-14-11-12-15-30-44-38(41)39(3,4)6-2/h16-27H,5-15,28-30H2,1-4H3. The minimum atomic E-state index is -0.414. The normalized spacial score (nSPS) is 11.2. The second kappa shape index (κ2) is 19.6. The van der Waals surface area contributed by atoms with E-state index in [2.05, 4.69) is 19.1 Å². The van der Waals surface area contributed by atoms with Crippen LogP contribution in [0.25, 0.3) is 11.1 Å². The largest absolute Gasteiger partial charge is 0.494 e. The average molecular weight is 617 g/mol. The summed E-state index contributed by atoms with van der Waals surface area (Å²) in [5.74, 6) is 1.55. The third-order valence-electron chi connectivity index (χ3n) is 8.09. The molecule has 0 bridgehead atoms. The molecule has 3 aromatic carbocycles. The molecule has 0 heterocycles. The van der Waals surface area contributed by atoms with Gasteiger partial charge in [0, 0.05) is 0 Å². The van der Waals surface area contributed by atoms with Gasteiger partial charge in [0.2, 0.25) is 0 Å². The van der Waals surface area contributed by atoms with Crippen LogP contribution in [0.4, 0.5) is 0 Å². The minimum Gasteiger partial charge on any atom is -0.494 e. The van der Waals surface area contributed by atoms with Crippen LogP contribution >= 0.6 is 0 Å². The number of rotatable bonds is 21. The average Bonchev–Trinajstić information content (AvgIpc) is 3.06. The van der Waals surface area contributed by atoms with E-state index in [-0.39, 0.29) is 5.97 Å². The fourth-order valence-corrected chi connectivity index (χ4v) is 4.64. The molecule has 0 amide bonds. The Labute approximate surface area is 270 Å². The van der Waals surface area contributed by atoms with E-state index in [9.17, 15) is 9.59 Å². The molecular formula is C39H52O6. The monoisotopic (exact) mass is 616 g/mol. The van der Waals surface area contributed by atoms with Crippen molar-refractivity contribution in [2.75, 3.05) is 19.8 Å². The van der Waals surface area contributed by atoms with Crippen molar-refractivity contribution in [3.05, 3.63) is 78.4 Å². The quantitative estimate of drug-likeness (QED) is 0.0674. The van der Waals surface area contributed by atoms with Crippen molar-refractivity contribution in [3.63, 3.8) is 0 Å². The molecule has 0 atom stereocenters. The van der Waals surface area contributed by atoms with Crippen LogP contribution in [0.2, 0.25) is 0 Å². The van der Waals surface area contributed by atoms with Gasteiger partial charge in [-0.2, -0.15) is 0 Å². The smallest absolute Gasteiger partial charge is 0.343 e. The highest BCUT2D eigenvalue weighted by molar-refractivity contribution is 5.91. The summed E-state index contributed by atoms with van der Waals surface area (Å²) in [5, 5.41) is 0. The zero-order chi connectivity index (χ0) is 32.3. The molecule has 0 fully saturated rings. The van der Waals surface area contributed by atoms with E-state index in [1.54, 1.807) is 24.3 Å². The summed E-state index contributed by atoms with van der Waals surface area (Å²) in [4.78, 5) is 24.7. The summed E-state index contributed by atoms with van der Waals surface area (Å²) in [7, 11) is 0. The van der Waals surface area contributed by atoms with Gasteiger partial charge < -0.3 is 18.9 Å². The molecule has 0 spiro atoms. The van der Waals surface area contributed by atoms with E-state index >= 15 is 0 Å². The zero-order valence-corrected chi connectivity index (χ0v) is 27.8. The summed E-state index contributed by atoms with van der Waals surface area (Å²) < 4.78 is 22.7. The van der Waals surface area contributed by atoms with E-state index in [1.165, 1.54) is 32.1 Å². The fourth-order valence-electron chi connectivity index (χ4n) is 4.64. The minimum absolute atomic E-state index is 0.125. The number of unbranched alkanes of at least 4 members (excludes halogenated alkanes) is 8. The molecule has 0 aliphatic heterocycles. The van der Waals surface area contributed by atoms with Gasteiger partial charge in [-0.1, -0.05) is 70.2 Å². The molecule has 0 aromatic heterocycles. The van der Waals surface area contributed by atoms with Crippen LogP contribution in [0.3, 0.4) is 0 Å². The van der Waals surface area contributed by atoms with Gasteiger partial charge in [0.15, 0.2) is 0 Å². The predicted molar refractivity (Wildman–Crippen MR) is 181 cm³/mol. The molecule has 0 saturated carbocycles. The molecule has 0 aliphatic carbocycles. The van der Waals surface area contributed by atoms with Gasteiger partial charge in [-0.25, -0.2) is 4.79 Å². The number of benzene rings is 3. The van der Waals surface area contributed by atoms with Crippen LogP contribution in [0.1, 0.15) is 109 Å². The summed E-state index contributed by atoms with van der Waals surface area (Å²) in [6.45, 7) is 9.86. The number of hydrogen-bond acceptors (Lipinski definition) is 6. The number of hydrogen-bond donors (Lipinski definition) is 0. The summed E-state index contributed by atoms with van der Waals surface area (Å²) in [6, 6.07) is 22.6. The maximum absolute atomic E-state index is 12.7. The van der Waals surface area contributed by atoms with Gasteiger partial charge in [0.05, 0.1) is 30.8 Å². The Kier molecular flexibility index (Phi) is 15.5. The Morgan fingerprint density at radius 2 is 1.00 bits per heavy atom. The molecule has 244 valence electrons. The number of esters is 2. The topological polar surface area (TPSA) is 71.1 Å². The Morgan fingerprint density at radius 1 is 0.556 bits per heavy atom. The van der Waals surface area contributed by atoms with Gasteiger partial charge in [0.1, 0.15) is 17.2 Å². The first kappa shape index (κ1) is 35.7. The number of carbonyl (C=O) groups is 2. The van der Waals surface area contributed by atoms with E-state index in [4.69, 9.17) is 18.9 Å². The second-order valence-corrected chi connectivity index (χ2v) is 12.2. The second-order valence-electron chi connectivity index (χ2n) is 12.2. The molecule has 0 saturated heterocycles. The maximum atomic E-state index is 12.7. The molecule has 45 heavy (non-hydrogen) atoms. The first-order valence-electron chi connectivity index (χ1n) is 16.8. The molecule has 3 rings (SSSR count). The highest BCUT2D eigenvalue weighted by Gasteiger charge is 2.26. The first-order chi connectivity index (χ1) is 21.8. The third-order valence-corrected chi connectivity index (χ3v) is 8.09. The summed E-state index contributed by atoms with van der Waals surface area (Å²) >= 11 is 0. The van der Waals surface area contributed by atoms with E-state index in [0.717, 1.165) is 62.0 Å². The molecule has 0 N–H and O–H groups in total. The van der Waals surface area contributed by atoms with Gasteiger partial charge in [-0.3, -0.25) is 4.79 Å². The van der Waals surface area contributed by atoms with Crippen molar-refractivity contribution in [2.45, 2.75) is 98.3 Å². The lowest BCUT2D eigenvalue weighted by Gasteiger charge is -2.20. The lowest BCUT2D eigenvalue weighted by molar-refractivity contribution is -0.154. The van der Waals surface area contributed by atoms with E-state index < -0.39 is 11.4 Å². The molecule has 0 radical (unpaired) electrons. The Morgan fingerprint density at radius 3 is 1.51 bits per heavy atom. The molecule has 6 nitrogen and oxygen atoms in total. The van der Waals surface area contributed by atoms with E-state index in [0.29, 0.717) is 30.3 Å². The van der Waals surface area contributed by atoms with Crippen LogP contribution in [-0.2, 0) is 9.53 Å². The first-order valence-corrected chi connectivity index (χ1v) is 16.8. The van der Waals surface area contributed by atoms with Crippen molar-refractivity contribution in [1.82, 2.24) is 0 Å². The Balaban J connectivity index is 1.32. The van der Waals surface area contributed by atoms with E-state index in [1.807, 2.05) is 57.2 Å². The van der Waals surface area contributed by atoms with Crippen molar-refractivity contribution in [2.24, 2.45) is 5.41 Å². The van der Waals surface area contributed by atoms with Gasteiger partial charge in [-0.15, -0.1) is 0 Å². The maximum Gasteiger partial charge on any atom is 0.343 e. The van der Waals surface area contributed by atoms with Crippen molar-refractivity contribution < 1.29 is 28.5 Å². The van der Waals surface area contributed by atoms with Gasteiger partial charge >= 0.3 is 11.9 Å². The highest BCUT2D eigenvalue weighted by Crippen LogP contribution is 2.26. The Hall–Kier alpha value is -3.80. The summed E-state index contributed by atoms with van der Waals surface area (Å²) in [5.41, 5.74) is 2.16. The predicted octanol–water partition coefficient (Wildman–Crippen LogP) is 10.2. The molecule has 0 aliphatic rings. The number of ether oxygens (including phenoxy) is 4. The van der Waals surface area contributed by atoms with Crippen molar-refractivity contribution >= 4 is 11.9 Å². The summed E-state index contributed by atoms with van der Waals surface area (Å²) in [6.07, 6.45) is 12.0. The van der Waals surface area contributed by atoms with Crippen LogP contribution in [0, 0.1) is 5.41 Å². The van der Waals surface area contributed by atoms with Crippen LogP contribution in [-0.4, -0.2) is 31.8 Å². The third kappa shape index (κ3) is 13.0. The lowest BCUT2D eigenvalue weighted by Crippen LogP contribution is -2.26.